The second-order valence-electron chi connectivity index (χ2n) is 7.07. The van der Waals surface area contributed by atoms with Gasteiger partial charge in [-0.05, 0) is 56.3 Å². The molecule has 1 unspecified atom stereocenters. The molecular weight excluding hydrogens is 395 g/mol. The van der Waals surface area contributed by atoms with Crippen molar-refractivity contribution in [3.63, 3.8) is 0 Å². The van der Waals surface area contributed by atoms with Gasteiger partial charge in [-0.1, -0.05) is 24.3 Å². The molecule has 1 aromatic heterocycles. The minimum Gasteiger partial charge on any atom is -0.468 e. The van der Waals surface area contributed by atoms with Gasteiger partial charge >= 0.3 is 12.2 Å². The number of carbonyl (C=O) groups is 1. The van der Waals surface area contributed by atoms with Gasteiger partial charge < -0.3 is 15.1 Å². The zero-order chi connectivity index (χ0) is 21.4. The lowest BCUT2D eigenvalue weighted by molar-refractivity contribution is -0.137. The van der Waals surface area contributed by atoms with Gasteiger partial charge in [0.25, 0.3) is 0 Å². The number of nitrogens with one attached hydrogen (secondary N) is 2. The minimum atomic E-state index is -4.41. The fourth-order valence-corrected chi connectivity index (χ4v) is 3.42. The van der Waals surface area contributed by atoms with E-state index in [2.05, 4.69) is 27.4 Å². The average Bonchev–Trinajstić information content (AvgIpc) is 3.26. The molecule has 1 saturated heterocycles. The van der Waals surface area contributed by atoms with Crippen molar-refractivity contribution in [3.8, 4) is 11.8 Å². The molecule has 1 fully saturated rings. The summed E-state index contributed by atoms with van der Waals surface area (Å²) in [5.41, 5.74) is -0.503. The largest absolute Gasteiger partial charge is 0.468 e. The summed E-state index contributed by atoms with van der Waals surface area (Å²) in [5.74, 6) is 6.11. The molecule has 160 valence electrons. The van der Waals surface area contributed by atoms with Crippen LogP contribution in [0.25, 0.3) is 0 Å². The van der Waals surface area contributed by atoms with E-state index in [-0.39, 0.29) is 24.2 Å². The quantitative estimate of drug-likeness (QED) is 0.715. The molecule has 0 saturated carbocycles. The molecule has 2 amide bonds. The van der Waals surface area contributed by atoms with Crippen LogP contribution >= 0.6 is 0 Å². The molecule has 1 aliphatic heterocycles. The zero-order valence-electron chi connectivity index (χ0n) is 16.5. The number of alkyl halides is 3. The maximum Gasteiger partial charge on any atom is 0.416 e. The maximum atomic E-state index is 12.7. The summed E-state index contributed by atoms with van der Waals surface area (Å²) in [6, 6.07) is 8.09. The third-order valence-electron chi connectivity index (χ3n) is 4.92. The van der Waals surface area contributed by atoms with E-state index in [4.69, 9.17) is 4.42 Å². The predicted octanol–water partition coefficient (Wildman–Crippen LogP) is 4.18. The molecule has 0 radical (unpaired) electrons. The van der Waals surface area contributed by atoms with E-state index in [0.717, 1.165) is 43.8 Å². The number of piperidine rings is 1. The van der Waals surface area contributed by atoms with Gasteiger partial charge in [0.05, 0.1) is 24.4 Å². The highest BCUT2D eigenvalue weighted by atomic mass is 19.4. The van der Waals surface area contributed by atoms with E-state index in [1.165, 1.54) is 18.6 Å². The van der Waals surface area contributed by atoms with Gasteiger partial charge in [-0.15, -0.1) is 0 Å². The standard InChI is InChI=1S/C22H24F3N3O2/c23-22(24,25)18-9-4-7-17(15-18)8-5-11-26-21(29)27-16-19(20-10-6-14-30-20)28-12-2-1-3-13-28/h4,6-7,9-10,14-15,19H,1-3,11-13,16H2,(H2,26,27,29). The maximum absolute atomic E-state index is 12.7. The van der Waals surface area contributed by atoms with Gasteiger partial charge in [-0.2, -0.15) is 13.2 Å². The third kappa shape index (κ3) is 6.29. The Bertz CT molecular complexity index is 879. The summed E-state index contributed by atoms with van der Waals surface area (Å²) in [6.07, 6.45) is 0.660. The Labute approximate surface area is 173 Å². The van der Waals surface area contributed by atoms with Crippen LogP contribution in [0, 0.1) is 11.8 Å². The molecule has 2 N–H and O–H groups in total. The van der Waals surface area contributed by atoms with E-state index < -0.39 is 11.7 Å². The normalized spacial score (nSPS) is 15.7. The number of furan rings is 1. The molecule has 3 rings (SSSR count). The summed E-state index contributed by atoms with van der Waals surface area (Å²) >= 11 is 0. The van der Waals surface area contributed by atoms with Crippen molar-refractivity contribution in [2.45, 2.75) is 31.5 Å². The van der Waals surface area contributed by atoms with Crippen LogP contribution in [0.15, 0.2) is 47.1 Å². The molecule has 1 atom stereocenters. The van der Waals surface area contributed by atoms with Crippen LogP contribution in [0.2, 0.25) is 0 Å². The molecular formula is C22H24F3N3O2. The average molecular weight is 419 g/mol. The number of halogens is 3. The van der Waals surface area contributed by atoms with E-state index in [9.17, 15) is 18.0 Å². The molecule has 2 aromatic rings. The summed E-state index contributed by atoms with van der Waals surface area (Å²) < 4.78 is 43.7. The Kier molecular flexibility index (Phi) is 7.41. The van der Waals surface area contributed by atoms with Crippen molar-refractivity contribution in [2.75, 3.05) is 26.2 Å². The van der Waals surface area contributed by atoms with Gasteiger partial charge in [0.2, 0.25) is 0 Å². The smallest absolute Gasteiger partial charge is 0.416 e. The molecule has 5 nitrogen and oxygen atoms in total. The monoisotopic (exact) mass is 419 g/mol. The van der Waals surface area contributed by atoms with Crippen LogP contribution in [-0.4, -0.2) is 37.1 Å². The molecule has 0 aliphatic carbocycles. The Hall–Kier alpha value is -2.92. The fourth-order valence-electron chi connectivity index (χ4n) is 3.42. The van der Waals surface area contributed by atoms with Gasteiger partial charge in [0, 0.05) is 12.1 Å². The van der Waals surface area contributed by atoms with Crippen LogP contribution in [0.5, 0.6) is 0 Å². The Morgan fingerprint density at radius 2 is 1.93 bits per heavy atom. The fraction of sp³-hybridized carbons (Fsp3) is 0.409. The lowest BCUT2D eigenvalue weighted by Gasteiger charge is -2.33. The first-order valence-electron chi connectivity index (χ1n) is 9.89. The van der Waals surface area contributed by atoms with Crippen LogP contribution in [0.4, 0.5) is 18.0 Å². The molecule has 1 aromatic carbocycles. The van der Waals surface area contributed by atoms with Crippen LogP contribution < -0.4 is 10.6 Å². The van der Waals surface area contributed by atoms with Crippen molar-refractivity contribution in [1.82, 2.24) is 15.5 Å². The number of amides is 2. The second kappa shape index (κ2) is 10.2. The number of benzene rings is 1. The number of nitrogens with zero attached hydrogens (tertiary/aromatic N) is 1. The third-order valence-corrected chi connectivity index (χ3v) is 4.92. The van der Waals surface area contributed by atoms with Gasteiger partial charge in [-0.25, -0.2) is 4.79 Å². The predicted molar refractivity (Wildman–Crippen MR) is 107 cm³/mol. The van der Waals surface area contributed by atoms with Crippen molar-refractivity contribution in [3.05, 3.63) is 59.5 Å². The van der Waals surface area contributed by atoms with Crippen molar-refractivity contribution < 1.29 is 22.4 Å². The molecule has 8 heteroatoms. The van der Waals surface area contributed by atoms with Crippen LogP contribution in [0.3, 0.4) is 0 Å². The number of rotatable bonds is 5. The summed E-state index contributed by atoms with van der Waals surface area (Å²) in [4.78, 5) is 14.4. The number of urea groups is 1. The molecule has 0 spiro atoms. The Morgan fingerprint density at radius 1 is 1.13 bits per heavy atom. The first kappa shape index (κ1) is 21.8. The van der Waals surface area contributed by atoms with E-state index in [0.29, 0.717) is 6.54 Å². The van der Waals surface area contributed by atoms with Crippen LogP contribution in [0.1, 0.15) is 42.2 Å². The van der Waals surface area contributed by atoms with Crippen LogP contribution in [-0.2, 0) is 6.18 Å². The van der Waals surface area contributed by atoms with E-state index >= 15 is 0 Å². The summed E-state index contributed by atoms with van der Waals surface area (Å²) in [5, 5.41) is 5.43. The van der Waals surface area contributed by atoms with Crippen molar-refractivity contribution in [2.24, 2.45) is 0 Å². The highest BCUT2D eigenvalue weighted by molar-refractivity contribution is 5.74. The molecule has 1 aliphatic rings. The zero-order valence-corrected chi connectivity index (χ0v) is 16.5. The second-order valence-corrected chi connectivity index (χ2v) is 7.07. The molecule has 30 heavy (non-hydrogen) atoms. The topological polar surface area (TPSA) is 57.5 Å². The van der Waals surface area contributed by atoms with Gasteiger partial charge in [0.15, 0.2) is 0 Å². The lowest BCUT2D eigenvalue weighted by Crippen LogP contribution is -2.43. The van der Waals surface area contributed by atoms with Gasteiger partial charge in [-0.3, -0.25) is 4.90 Å². The number of likely N-dealkylation sites (tertiary alicyclic amines) is 1. The number of hydrogen-bond acceptors (Lipinski definition) is 3. The van der Waals surface area contributed by atoms with Gasteiger partial charge in [0.1, 0.15) is 5.76 Å². The first-order valence-corrected chi connectivity index (χ1v) is 9.89. The summed E-state index contributed by atoms with van der Waals surface area (Å²) in [7, 11) is 0. The minimum absolute atomic E-state index is 0.0250. The number of hydrogen-bond donors (Lipinski definition) is 2. The highest BCUT2D eigenvalue weighted by Gasteiger charge is 2.30. The Morgan fingerprint density at radius 3 is 2.63 bits per heavy atom. The van der Waals surface area contributed by atoms with E-state index in [1.807, 2.05) is 12.1 Å². The molecule has 2 heterocycles. The van der Waals surface area contributed by atoms with Crippen molar-refractivity contribution in [1.29, 1.82) is 0 Å². The summed E-state index contributed by atoms with van der Waals surface area (Å²) in [6.45, 7) is 2.33. The van der Waals surface area contributed by atoms with Crippen molar-refractivity contribution >= 4 is 6.03 Å². The SMILES string of the molecule is O=C(NCC#Cc1cccc(C(F)(F)F)c1)NCC(c1ccco1)N1CCCCC1. The lowest BCUT2D eigenvalue weighted by atomic mass is 10.1. The first-order chi connectivity index (χ1) is 14.4. The van der Waals surface area contributed by atoms with E-state index in [1.54, 1.807) is 6.26 Å². The highest BCUT2D eigenvalue weighted by Crippen LogP contribution is 2.29. The molecule has 0 bridgehead atoms. The Balaban J connectivity index is 1.49. The number of carbonyl (C=O) groups excluding carboxylic acids is 1.